The molecule has 0 atom stereocenters. The van der Waals surface area contributed by atoms with Gasteiger partial charge in [0.15, 0.2) is 0 Å². The van der Waals surface area contributed by atoms with Gasteiger partial charge in [-0.2, -0.15) is 13.2 Å². The van der Waals surface area contributed by atoms with Gasteiger partial charge in [0.1, 0.15) is 0 Å². The molecule has 5 nitrogen and oxygen atoms in total. The van der Waals surface area contributed by atoms with Crippen LogP contribution in [-0.2, 0) is 17.4 Å². The van der Waals surface area contributed by atoms with E-state index >= 15 is 0 Å². The predicted octanol–water partition coefficient (Wildman–Crippen LogP) is 4.38. The lowest BCUT2D eigenvalue weighted by molar-refractivity contribution is -0.137. The lowest BCUT2D eigenvalue weighted by Gasteiger charge is -2.41. The smallest absolute Gasteiger partial charge is 0.356 e. The largest absolute Gasteiger partial charge is 0.416 e. The maximum atomic E-state index is 13.0. The fraction of sp³-hybridized carbons (Fsp3) is 0.481. The van der Waals surface area contributed by atoms with E-state index in [0.29, 0.717) is 25.7 Å². The van der Waals surface area contributed by atoms with Crippen LogP contribution in [0.5, 0.6) is 0 Å². The second kappa shape index (κ2) is 11.2. The van der Waals surface area contributed by atoms with Crippen molar-refractivity contribution >= 4 is 11.8 Å². The van der Waals surface area contributed by atoms with Crippen LogP contribution in [0.4, 0.5) is 13.2 Å². The molecule has 8 heteroatoms. The van der Waals surface area contributed by atoms with Crippen LogP contribution in [0.1, 0.15) is 47.2 Å². The van der Waals surface area contributed by atoms with Crippen molar-refractivity contribution in [3.05, 3.63) is 71.3 Å². The summed E-state index contributed by atoms with van der Waals surface area (Å²) in [6.07, 6.45) is -0.421. The number of rotatable bonds is 6. The molecule has 0 aliphatic carbocycles. The van der Waals surface area contributed by atoms with E-state index in [4.69, 9.17) is 0 Å². The zero-order valence-corrected chi connectivity index (χ0v) is 19.8. The number of nitrogens with zero attached hydrogens (tertiary/aromatic N) is 2. The Morgan fingerprint density at radius 3 is 2.23 bits per heavy atom. The Labute approximate surface area is 204 Å². The average molecular weight is 488 g/mol. The lowest BCUT2D eigenvalue weighted by atomic mass is 9.92. The number of alkyl halides is 3. The summed E-state index contributed by atoms with van der Waals surface area (Å²) in [4.78, 5) is 29.4. The first-order valence-electron chi connectivity index (χ1n) is 12.3. The number of carbonyl (C=O) groups excluding carboxylic acids is 2. The van der Waals surface area contributed by atoms with Gasteiger partial charge in [-0.15, -0.1) is 0 Å². The Morgan fingerprint density at radius 1 is 0.886 bits per heavy atom. The Morgan fingerprint density at radius 2 is 1.57 bits per heavy atom. The minimum absolute atomic E-state index is 0.0320. The minimum Gasteiger partial charge on any atom is -0.356 e. The monoisotopic (exact) mass is 487 g/mol. The third-order valence-corrected chi connectivity index (χ3v) is 7.16. The number of piperidine rings is 2. The van der Waals surface area contributed by atoms with Crippen LogP contribution in [0, 0.1) is 5.92 Å². The van der Waals surface area contributed by atoms with Crippen LogP contribution >= 0.6 is 0 Å². The molecule has 2 aromatic rings. The van der Waals surface area contributed by atoms with Gasteiger partial charge in [0.25, 0.3) is 5.91 Å². The molecule has 0 saturated carbocycles. The molecular formula is C27H32F3N3O2. The Kier molecular flexibility index (Phi) is 8.11. The van der Waals surface area contributed by atoms with Crippen molar-refractivity contribution in [2.45, 2.75) is 44.3 Å². The van der Waals surface area contributed by atoms with Gasteiger partial charge in [-0.1, -0.05) is 36.4 Å². The lowest BCUT2D eigenvalue weighted by Crippen LogP contribution is -2.50. The second-order valence-electron chi connectivity index (χ2n) is 9.44. The van der Waals surface area contributed by atoms with Crippen molar-refractivity contribution in [3.63, 3.8) is 0 Å². The van der Waals surface area contributed by atoms with Crippen LogP contribution in [0.25, 0.3) is 0 Å². The first kappa shape index (κ1) is 25.2. The van der Waals surface area contributed by atoms with Gasteiger partial charge in [-0.25, -0.2) is 0 Å². The Bertz CT molecular complexity index is 996. The van der Waals surface area contributed by atoms with E-state index in [2.05, 4.69) is 22.3 Å². The number of amides is 2. The molecular weight excluding hydrogens is 455 g/mol. The normalized spacial score (nSPS) is 18.4. The quantitative estimate of drug-likeness (QED) is 0.658. The van der Waals surface area contributed by atoms with Crippen LogP contribution in [0.15, 0.2) is 54.6 Å². The molecule has 188 valence electrons. The molecule has 35 heavy (non-hydrogen) atoms. The molecule has 0 radical (unpaired) electrons. The number of hydrogen-bond acceptors (Lipinski definition) is 3. The summed E-state index contributed by atoms with van der Waals surface area (Å²) in [5.74, 6) is -0.188. The van der Waals surface area contributed by atoms with Crippen molar-refractivity contribution in [2.75, 3.05) is 32.7 Å². The summed E-state index contributed by atoms with van der Waals surface area (Å²) >= 11 is 0. The average Bonchev–Trinajstić information content (AvgIpc) is 2.88. The van der Waals surface area contributed by atoms with Crippen molar-refractivity contribution < 1.29 is 22.8 Å². The number of nitrogens with one attached hydrogen (secondary N) is 1. The van der Waals surface area contributed by atoms with Crippen LogP contribution in [-0.4, -0.2) is 60.4 Å². The van der Waals surface area contributed by atoms with Crippen molar-refractivity contribution in [3.8, 4) is 0 Å². The molecule has 0 spiro atoms. The third kappa shape index (κ3) is 6.63. The first-order chi connectivity index (χ1) is 16.8. The number of carbonyl (C=O) groups is 2. The molecule has 4 rings (SSSR count). The maximum Gasteiger partial charge on any atom is 0.416 e. The number of likely N-dealkylation sites (tertiary alicyclic amines) is 2. The summed E-state index contributed by atoms with van der Waals surface area (Å²) in [7, 11) is 0. The highest BCUT2D eigenvalue weighted by molar-refractivity contribution is 5.94. The molecule has 2 aromatic carbocycles. The fourth-order valence-corrected chi connectivity index (χ4v) is 5.09. The predicted molar refractivity (Wildman–Crippen MR) is 128 cm³/mol. The molecule has 2 aliphatic rings. The summed E-state index contributed by atoms with van der Waals surface area (Å²) in [5, 5.41) is 3.07. The fourth-order valence-electron chi connectivity index (χ4n) is 5.09. The summed E-state index contributed by atoms with van der Waals surface area (Å²) in [6, 6.07) is 15.1. The van der Waals surface area contributed by atoms with Gasteiger partial charge < -0.3 is 15.1 Å². The van der Waals surface area contributed by atoms with E-state index in [1.165, 1.54) is 17.7 Å². The highest BCUT2D eigenvalue weighted by Crippen LogP contribution is 2.30. The van der Waals surface area contributed by atoms with Crippen molar-refractivity contribution in [1.82, 2.24) is 15.1 Å². The van der Waals surface area contributed by atoms with E-state index in [1.807, 2.05) is 18.2 Å². The van der Waals surface area contributed by atoms with Gasteiger partial charge in [-0.3, -0.25) is 9.59 Å². The van der Waals surface area contributed by atoms with Gasteiger partial charge in [0.05, 0.1) is 5.56 Å². The summed E-state index contributed by atoms with van der Waals surface area (Å²) < 4.78 is 39.0. The molecule has 2 fully saturated rings. The van der Waals surface area contributed by atoms with E-state index in [1.54, 1.807) is 4.90 Å². The van der Waals surface area contributed by atoms with Gasteiger partial charge in [0, 0.05) is 37.2 Å². The number of benzene rings is 2. The maximum absolute atomic E-state index is 13.0. The second-order valence-corrected chi connectivity index (χ2v) is 9.44. The zero-order chi connectivity index (χ0) is 24.8. The van der Waals surface area contributed by atoms with E-state index in [-0.39, 0.29) is 23.3 Å². The molecule has 2 saturated heterocycles. The molecule has 0 bridgehead atoms. The van der Waals surface area contributed by atoms with E-state index in [9.17, 15) is 22.8 Å². The summed E-state index contributed by atoms with van der Waals surface area (Å²) in [5.41, 5.74) is 0.489. The Hall–Kier alpha value is -2.87. The van der Waals surface area contributed by atoms with Gasteiger partial charge >= 0.3 is 6.18 Å². The van der Waals surface area contributed by atoms with Crippen LogP contribution in [0.3, 0.4) is 0 Å². The van der Waals surface area contributed by atoms with E-state index < -0.39 is 11.7 Å². The number of hydrogen-bond donors (Lipinski definition) is 1. The van der Waals surface area contributed by atoms with Crippen molar-refractivity contribution in [2.24, 2.45) is 5.92 Å². The molecule has 1 N–H and O–H groups in total. The third-order valence-electron chi connectivity index (χ3n) is 7.16. The van der Waals surface area contributed by atoms with Crippen LogP contribution < -0.4 is 5.32 Å². The topological polar surface area (TPSA) is 52.7 Å². The van der Waals surface area contributed by atoms with Gasteiger partial charge in [-0.05, 0) is 69.0 Å². The molecule has 2 aliphatic heterocycles. The standard InChI is InChI=1S/C27H32F3N3O2/c28-27(29,30)23-8-4-7-22(19-23)26(35)33-17-12-24(13-18-33)32-15-10-21(11-16-32)25(34)31-14-9-20-5-2-1-3-6-20/h1-8,19,21,24H,9-18H2,(H,31,34). The SMILES string of the molecule is O=C(NCCc1ccccc1)C1CCN(C2CCN(C(=O)c3cccc(C(F)(F)F)c3)CC2)CC1. The Balaban J connectivity index is 1.19. The van der Waals surface area contributed by atoms with E-state index in [0.717, 1.165) is 57.3 Å². The molecule has 0 aromatic heterocycles. The highest BCUT2D eigenvalue weighted by Gasteiger charge is 2.33. The van der Waals surface area contributed by atoms with Crippen molar-refractivity contribution in [1.29, 1.82) is 0 Å². The first-order valence-corrected chi connectivity index (χ1v) is 12.3. The van der Waals surface area contributed by atoms with Crippen LogP contribution in [0.2, 0.25) is 0 Å². The van der Waals surface area contributed by atoms with Gasteiger partial charge in [0.2, 0.25) is 5.91 Å². The molecule has 2 heterocycles. The molecule has 2 amide bonds. The minimum atomic E-state index is -4.46. The number of halogens is 3. The summed E-state index contributed by atoms with van der Waals surface area (Å²) in [6.45, 7) is 3.40. The zero-order valence-electron chi connectivity index (χ0n) is 19.8. The molecule has 0 unspecified atom stereocenters. The highest BCUT2D eigenvalue weighted by atomic mass is 19.4.